The van der Waals surface area contributed by atoms with E-state index in [-0.39, 0.29) is 11.4 Å². The van der Waals surface area contributed by atoms with Gasteiger partial charge in [-0.2, -0.15) is 0 Å². The molecular formula is C15H14BrNO4. The van der Waals surface area contributed by atoms with Crippen molar-refractivity contribution in [3.8, 4) is 11.5 Å². The van der Waals surface area contributed by atoms with Gasteiger partial charge in [-0.15, -0.1) is 0 Å². The Hall–Kier alpha value is -1.92. The van der Waals surface area contributed by atoms with Gasteiger partial charge >= 0.3 is 5.69 Å². The minimum absolute atomic E-state index is 0.133. The van der Waals surface area contributed by atoms with Gasteiger partial charge in [0.25, 0.3) is 0 Å². The highest BCUT2D eigenvalue weighted by atomic mass is 79.9. The van der Waals surface area contributed by atoms with Gasteiger partial charge in [0.05, 0.1) is 15.5 Å². The summed E-state index contributed by atoms with van der Waals surface area (Å²) in [6, 6.07) is 9.89. The predicted molar refractivity (Wildman–Crippen MR) is 82.7 cm³/mol. The van der Waals surface area contributed by atoms with Crippen LogP contribution in [0.5, 0.6) is 11.5 Å². The normalized spacial score (nSPS) is 12.0. The summed E-state index contributed by atoms with van der Waals surface area (Å²) in [5.74, 6) is 0.627. The number of nitro groups is 1. The maximum Gasteiger partial charge on any atom is 0.311 e. The molecule has 0 saturated carbocycles. The molecular weight excluding hydrogens is 338 g/mol. The molecule has 5 nitrogen and oxygen atoms in total. The summed E-state index contributed by atoms with van der Waals surface area (Å²) in [7, 11) is 0. The summed E-state index contributed by atoms with van der Waals surface area (Å²) in [4.78, 5) is 10.6. The van der Waals surface area contributed by atoms with Crippen LogP contribution in [0.25, 0.3) is 0 Å². The summed E-state index contributed by atoms with van der Waals surface area (Å²) in [5, 5.41) is 20.7. The average molecular weight is 352 g/mol. The van der Waals surface area contributed by atoms with E-state index in [0.717, 1.165) is 10.0 Å². The molecule has 0 aliphatic heterocycles. The molecule has 0 bridgehead atoms. The van der Waals surface area contributed by atoms with E-state index >= 15 is 0 Å². The maximum absolute atomic E-state index is 11.2. The Kier molecular flexibility index (Phi) is 4.59. The molecule has 21 heavy (non-hydrogen) atoms. The molecule has 0 fully saturated rings. The third-order valence-corrected chi connectivity index (χ3v) is 3.59. The van der Waals surface area contributed by atoms with Crippen LogP contribution in [0, 0.1) is 17.0 Å². The van der Waals surface area contributed by atoms with E-state index in [1.165, 1.54) is 12.1 Å². The Morgan fingerprint density at radius 3 is 2.48 bits per heavy atom. The smallest absolute Gasteiger partial charge is 0.311 e. The lowest BCUT2D eigenvalue weighted by atomic mass is 10.1. The van der Waals surface area contributed by atoms with Gasteiger partial charge < -0.3 is 9.84 Å². The second-order valence-electron chi connectivity index (χ2n) is 4.70. The third kappa shape index (κ3) is 3.59. The summed E-state index contributed by atoms with van der Waals surface area (Å²) >= 11 is 3.37. The van der Waals surface area contributed by atoms with E-state index in [9.17, 15) is 15.2 Å². The molecule has 1 N–H and O–H groups in total. The Bertz CT molecular complexity index is 685. The first kappa shape index (κ1) is 15.5. The number of aliphatic hydroxyl groups is 1. The number of hydrogen-bond acceptors (Lipinski definition) is 4. The van der Waals surface area contributed by atoms with Gasteiger partial charge in [0.15, 0.2) is 0 Å². The van der Waals surface area contributed by atoms with Crippen LogP contribution in [0.3, 0.4) is 0 Å². The Morgan fingerprint density at radius 2 is 1.90 bits per heavy atom. The van der Waals surface area contributed by atoms with Crippen LogP contribution in [0.4, 0.5) is 5.69 Å². The van der Waals surface area contributed by atoms with Crippen molar-refractivity contribution in [3.63, 3.8) is 0 Å². The van der Waals surface area contributed by atoms with Crippen LogP contribution in [-0.2, 0) is 0 Å². The molecule has 0 aliphatic rings. The van der Waals surface area contributed by atoms with Gasteiger partial charge in [0.2, 0.25) is 5.75 Å². The minimum Gasteiger partial charge on any atom is -0.449 e. The molecule has 0 aromatic heterocycles. The fourth-order valence-electron chi connectivity index (χ4n) is 1.83. The summed E-state index contributed by atoms with van der Waals surface area (Å²) in [5.41, 5.74) is 1.34. The Balaban J connectivity index is 2.41. The van der Waals surface area contributed by atoms with Crippen molar-refractivity contribution in [1.29, 1.82) is 0 Å². The Labute approximate surface area is 130 Å². The molecule has 0 spiro atoms. The number of nitrogens with zero attached hydrogens (tertiary/aromatic N) is 1. The first-order valence-corrected chi connectivity index (χ1v) is 7.08. The second kappa shape index (κ2) is 6.24. The van der Waals surface area contributed by atoms with E-state index in [4.69, 9.17) is 4.74 Å². The minimum atomic E-state index is -0.774. The van der Waals surface area contributed by atoms with Crippen LogP contribution in [0.2, 0.25) is 0 Å². The van der Waals surface area contributed by atoms with Crippen molar-refractivity contribution in [2.24, 2.45) is 0 Å². The zero-order chi connectivity index (χ0) is 15.6. The lowest BCUT2D eigenvalue weighted by Gasteiger charge is -2.11. The van der Waals surface area contributed by atoms with Crippen molar-refractivity contribution in [2.45, 2.75) is 20.0 Å². The topological polar surface area (TPSA) is 72.6 Å². The fraction of sp³-hybridized carbons (Fsp3) is 0.200. The van der Waals surface area contributed by atoms with Crippen molar-refractivity contribution in [2.75, 3.05) is 0 Å². The first-order chi connectivity index (χ1) is 9.88. The van der Waals surface area contributed by atoms with Gasteiger partial charge in [-0.25, -0.2) is 0 Å². The number of hydrogen-bond donors (Lipinski definition) is 1. The van der Waals surface area contributed by atoms with Gasteiger partial charge in [0.1, 0.15) is 5.75 Å². The van der Waals surface area contributed by atoms with E-state index in [2.05, 4.69) is 15.9 Å². The summed E-state index contributed by atoms with van der Waals surface area (Å²) in [6.07, 6.45) is -0.774. The zero-order valence-corrected chi connectivity index (χ0v) is 13.1. The first-order valence-electron chi connectivity index (χ1n) is 6.29. The highest BCUT2D eigenvalue weighted by molar-refractivity contribution is 9.10. The quantitative estimate of drug-likeness (QED) is 0.649. The molecule has 1 unspecified atom stereocenters. The highest BCUT2D eigenvalue weighted by Crippen LogP contribution is 2.36. The van der Waals surface area contributed by atoms with E-state index in [1.807, 2.05) is 19.1 Å². The molecule has 0 radical (unpaired) electrons. The van der Waals surface area contributed by atoms with Crippen molar-refractivity contribution >= 4 is 21.6 Å². The third-order valence-electron chi connectivity index (χ3n) is 2.97. The molecule has 0 aliphatic carbocycles. The monoisotopic (exact) mass is 351 g/mol. The van der Waals surface area contributed by atoms with Gasteiger partial charge in [-0.3, -0.25) is 10.1 Å². The van der Waals surface area contributed by atoms with E-state index < -0.39 is 11.0 Å². The lowest BCUT2D eigenvalue weighted by Crippen LogP contribution is -1.98. The van der Waals surface area contributed by atoms with Crippen LogP contribution < -0.4 is 4.74 Å². The highest BCUT2D eigenvalue weighted by Gasteiger charge is 2.19. The van der Waals surface area contributed by atoms with Gasteiger partial charge in [0, 0.05) is 6.07 Å². The molecule has 0 heterocycles. The van der Waals surface area contributed by atoms with E-state index in [1.54, 1.807) is 19.1 Å². The van der Waals surface area contributed by atoms with Gasteiger partial charge in [-0.05, 0) is 59.1 Å². The van der Waals surface area contributed by atoms with Crippen molar-refractivity contribution in [3.05, 3.63) is 62.1 Å². The second-order valence-corrected chi connectivity index (χ2v) is 5.55. The molecule has 0 amide bonds. The number of rotatable bonds is 4. The number of ether oxygens (including phenoxy) is 1. The Morgan fingerprint density at radius 1 is 1.24 bits per heavy atom. The number of aryl methyl sites for hydroxylation is 1. The summed E-state index contributed by atoms with van der Waals surface area (Å²) in [6.45, 7) is 3.49. The average Bonchev–Trinajstić information content (AvgIpc) is 2.41. The van der Waals surface area contributed by atoms with Crippen LogP contribution in [0.1, 0.15) is 24.2 Å². The zero-order valence-electron chi connectivity index (χ0n) is 11.5. The largest absolute Gasteiger partial charge is 0.449 e. The number of aliphatic hydroxyl groups excluding tert-OH is 1. The molecule has 0 saturated heterocycles. The van der Waals surface area contributed by atoms with E-state index in [0.29, 0.717) is 11.3 Å². The molecule has 2 rings (SSSR count). The van der Waals surface area contributed by atoms with Crippen molar-refractivity contribution < 1.29 is 14.8 Å². The van der Waals surface area contributed by atoms with Crippen LogP contribution in [-0.4, -0.2) is 10.0 Å². The molecule has 2 aromatic carbocycles. The van der Waals surface area contributed by atoms with Crippen LogP contribution >= 0.6 is 15.9 Å². The fourth-order valence-corrected chi connectivity index (χ4v) is 2.40. The van der Waals surface area contributed by atoms with Crippen LogP contribution in [0.15, 0.2) is 40.9 Å². The molecule has 2 aromatic rings. The summed E-state index contributed by atoms with van der Waals surface area (Å²) < 4.78 is 6.34. The molecule has 6 heteroatoms. The molecule has 1 atom stereocenters. The number of nitro benzene ring substituents is 1. The van der Waals surface area contributed by atoms with Crippen molar-refractivity contribution in [1.82, 2.24) is 0 Å². The lowest BCUT2D eigenvalue weighted by molar-refractivity contribution is -0.385. The molecule has 110 valence electrons. The number of halogens is 1. The standard InChI is InChI=1S/C15H14BrNO4/c1-9-3-5-14(12(16)7-9)21-15-6-4-11(10(2)18)8-13(15)17(19)20/h3-8,10,18H,1-2H3. The SMILES string of the molecule is Cc1ccc(Oc2ccc(C(C)O)cc2[N+](=O)[O-])c(Br)c1. The maximum atomic E-state index is 11.2. The number of benzene rings is 2. The van der Waals surface area contributed by atoms with Gasteiger partial charge in [-0.1, -0.05) is 12.1 Å². The predicted octanol–water partition coefficient (Wildman–Crippen LogP) is 4.51.